The number of ether oxygens (including phenoxy) is 2. The fourth-order valence-corrected chi connectivity index (χ4v) is 2.20. The van der Waals surface area contributed by atoms with Crippen LogP contribution in [0.15, 0.2) is 36.5 Å². The summed E-state index contributed by atoms with van der Waals surface area (Å²) in [6, 6.07) is 9.46. The molecule has 0 saturated carbocycles. The van der Waals surface area contributed by atoms with E-state index in [4.69, 9.17) is 21.1 Å². The summed E-state index contributed by atoms with van der Waals surface area (Å²) in [4.78, 5) is 4.16. The monoisotopic (exact) mass is 306 g/mol. The van der Waals surface area contributed by atoms with Crippen molar-refractivity contribution in [2.45, 2.75) is 20.1 Å². The highest BCUT2D eigenvalue weighted by molar-refractivity contribution is 6.31. The van der Waals surface area contributed by atoms with Crippen molar-refractivity contribution in [1.82, 2.24) is 10.3 Å². The van der Waals surface area contributed by atoms with Gasteiger partial charge in [-0.1, -0.05) is 24.6 Å². The van der Waals surface area contributed by atoms with Crippen LogP contribution in [-0.4, -0.2) is 18.6 Å². The second-order valence-corrected chi connectivity index (χ2v) is 4.86. The van der Waals surface area contributed by atoms with Gasteiger partial charge in [-0.3, -0.25) is 0 Å². The summed E-state index contributed by atoms with van der Waals surface area (Å²) in [5.74, 6) is 1.35. The Hall–Kier alpha value is -1.78. The third kappa shape index (κ3) is 4.09. The zero-order chi connectivity index (χ0) is 15.1. The van der Waals surface area contributed by atoms with E-state index in [1.54, 1.807) is 13.3 Å². The topological polar surface area (TPSA) is 43.4 Å². The summed E-state index contributed by atoms with van der Waals surface area (Å²) >= 11 is 6.25. The van der Waals surface area contributed by atoms with Crippen LogP contribution in [0.5, 0.6) is 11.6 Å². The minimum Gasteiger partial charge on any atom is -0.488 e. The van der Waals surface area contributed by atoms with Gasteiger partial charge in [0.15, 0.2) is 0 Å². The van der Waals surface area contributed by atoms with Gasteiger partial charge in [-0.05, 0) is 30.8 Å². The number of methoxy groups -OCH3 is 1. The van der Waals surface area contributed by atoms with Crippen molar-refractivity contribution in [1.29, 1.82) is 0 Å². The molecule has 1 aromatic heterocycles. The molecular weight excluding hydrogens is 288 g/mol. The van der Waals surface area contributed by atoms with Gasteiger partial charge >= 0.3 is 0 Å². The summed E-state index contributed by atoms with van der Waals surface area (Å²) < 4.78 is 11.1. The fourth-order valence-electron chi connectivity index (χ4n) is 1.97. The van der Waals surface area contributed by atoms with Crippen LogP contribution in [-0.2, 0) is 13.2 Å². The number of nitrogens with zero attached hydrogens (tertiary/aromatic N) is 1. The van der Waals surface area contributed by atoms with Crippen LogP contribution in [0.1, 0.15) is 18.1 Å². The first-order valence-corrected chi connectivity index (χ1v) is 7.22. The largest absolute Gasteiger partial charge is 0.488 e. The van der Waals surface area contributed by atoms with Crippen LogP contribution < -0.4 is 14.8 Å². The van der Waals surface area contributed by atoms with Crippen LogP contribution >= 0.6 is 11.6 Å². The lowest BCUT2D eigenvalue weighted by atomic mass is 10.2. The number of nitrogens with one attached hydrogen (secondary N) is 1. The maximum atomic E-state index is 6.25. The van der Waals surface area contributed by atoms with E-state index in [9.17, 15) is 0 Å². The van der Waals surface area contributed by atoms with Gasteiger partial charge in [0, 0.05) is 23.3 Å². The first-order valence-electron chi connectivity index (χ1n) is 6.85. The second-order valence-electron chi connectivity index (χ2n) is 4.46. The molecule has 0 aliphatic carbocycles. The Balaban J connectivity index is 2.14. The number of halogens is 1. The lowest BCUT2D eigenvalue weighted by Gasteiger charge is -2.14. The summed E-state index contributed by atoms with van der Waals surface area (Å²) in [6.45, 7) is 3.99. The third-order valence-corrected chi connectivity index (χ3v) is 3.41. The van der Waals surface area contributed by atoms with Gasteiger partial charge in [0.2, 0.25) is 5.88 Å². The van der Waals surface area contributed by atoms with E-state index in [0.29, 0.717) is 24.1 Å². The Kier molecular flexibility index (Phi) is 5.84. The zero-order valence-electron chi connectivity index (χ0n) is 12.2. The van der Waals surface area contributed by atoms with Gasteiger partial charge < -0.3 is 14.8 Å². The lowest BCUT2D eigenvalue weighted by molar-refractivity contribution is 0.290. The van der Waals surface area contributed by atoms with Crippen molar-refractivity contribution in [3.05, 3.63) is 52.7 Å². The highest BCUT2D eigenvalue weighted by Crippen LogP contribution is 2.27. The molecular formula is C16H19ClN2O2. The molecule has 5 heteroatoms. The molecule has 2 aromatic rings. The average molecular weight is 307 g/mol. The average Bonchev–Trinajstić information content (AvgIpc) is 2.52. The molecule has 0 atom stereocenters. The van der Waals surface area contributed by atoms with Crippen LogP contribution in [0.3, 0.4) is 0 Å². The van der Waals surface area contributed by atoms with E-state index in [1.165, 1.54) is 0 Å². The Labute approximate surface area is 130 Å². The van der Waals surface area contributed by atoms with Gasteiger partial charge in [0.25, 0.3) is 0 Å². The molecule has 0 unspecified atom stereocenters. The Morgan fingerprint density at radius 3 is 2.86 bits per heavy atom. The van der Waals surface area contributed by atoms with Crippen molar-refractivity contribution in [2.75, 3.05) is 13.7 Å². The number of hydrogen-bond acceptors (Lipinski definition) is 4. The standard InChI is InChI=1S/C16H19ClN2O2/c1-3-18-10-13-14(17)7-4-8-15(13)21-11-12-6-5-9-19-16(12)20-2/h4-9,18H,3,10-11H2,1-2H3. The molecule has 0 aliphatic rings. The van der Waals surface area contributed by atoms with Crippen molar-refractivity contribution >= 4 is 11.6 Å². The van der Waals surface area contributed by atoms with Crippen molar-refractivity contribution in [3.63, 3.8) is 0 Å². The first kappa shape index (κ1) is 15.6. The SMILES string of the molecule is CCNCc1c(Cl)cccc1OCc1cccnc1OC. The van der Waals surface area contributed by atoms with Crippen LogP contribution in [0, 0.1) is 0 Å². The maximum Gasteiger partial charge on any atom is 0.219 e. The number of rotatable bonds is 7. The van der Waals surface area contributed by atoms with Gasteiger partial charge in [-0.2, -0.15) is 0 Å². The summed E-state index contributed by atoms with van der Waals surface area (Å²) in [5.41, 5.74) is 1.86. The van der Waals surface area contributed by atoms with E-state index in [0.717, 1.165) is 23.4 Å². The highest BCUT2D eigenvalue weighted by atomic mass is 35.5. The minimum absolute atomic E-state index is 0.385. The summed E-state index contributed by atoms with van der Waals surface area (Å²) in [6.07, 6.45) is 1.69. The Morgan fingerprint density at radius 1 is 1.24 bits per heavy atom. The van der Waals surface area contributed by atoms with Crippen molar-refractivity contribution < 1.29 is 9.47 Å². The van der Waals surface area contributed by atoms with Gasteiger partial charge in [0.1, 0.15) is 12.4 Å². The molecule has 0 spiro atoms. The normalized spacial score (nSPS) is 10.4. The Bertz CT molecular complexity index is 590. The van der Waals surface area contributed by atoms with E-state index in [2.05, 4.69) is 17.2 Å². The van der Waals surface area contributed by atoms with E-state index in [1.807, 2.05) is 30.3 Å². The van der Waals surface area contributed by atoms with E-state index in [-0.39, 0.29) is 0 Å². The maximum absolute atomic E-state index is 6.25. The van der Waals surface area contributed by atoms with Gasteiger partial charge in [-0.25, -0.2) is 4.98 Å². The molecule has 1 N–H and O–H groups in total. The van der Waals surface area contributed by atoms with Crippen LogP contribution in [0.25, 0.3) is 0 Å². The number of aromatic nitrogens is 1. The number of hydrogen-bond donors (Lipinski definition) is 1. The van der Waals surface area contributed by atoms with Gasteiger partial charge in [-0.15, -0.1) is 0 Å². The fraction of sp³-hybridized carbons (Fsp3) is 0.312. The molecule has 0 aliphatic heterocycles. The minimum atomic E-state index is 0.385. The number of pyridine rings is 1. The van der Waals surface area contributed by atoms with E-state index < -0.39 is 0 Å². The molecule has 1 aromatic carbocycles. The number of benzene rings is 1. The van der Waals surface area contributed by atoms with Crippen molar-refractivity contribution in [2.24, 2.45) is 0 Å². The Morgan fingerprint density at radius 2 is 2.10 bits per heavy atom. The van der Waals surface area contributed by atoms with Gasteiger partial charge in [0.05, 0.1) is 12.7 Å². The smallest absolute Gasteiger partial charge is 0.219 e. The predicted octanol–water partition coefficient (Wildman–Crippen LogP) is 3.43. The first-order chi connectivity index (χ1) is 10.3. The van der Waals surface area contributed by atoms with Crippen molar-refractivity contribution in [3.8, 4) is 11.6 Å². The highest BCUT2D eigenvalue weighted by Gasteiger charge is 2.10. The summed E-state index contributed by atoms with van der Waals surface area (Å²) in [5, 5.41) is 3.97. The predicted molar refractivity (Wildman–Crippen MR) is 84.0 cm³/mol. The molecule has 21 heavy (non-hydrogen) atoms. The molecule has 0 bridgehead atoms. The molecule has 0 saturated heterocycles. The second kappa shape index (κ2) is 7.86. The molecule has 0 radical (unpaired) electrons. The summed E-state index contributed by atoms with van der Waals surface area (Å²) in [7, 11) is 1.60. The molecule has 2 rings (SSSR count). The van der Waals surface area contributed by atoms with Crippen LogP contribution in [0.4, 0.5) is 0 Å². The molecule has 0 amide bonds. The molecule has 1 heterocycles. The third-order valence-electron chi connectivity index (χ3n) is 3.05. The molecule has 112 valence electrons. The molecule has 4 nitrogen and oxygen atoms in total. The molecule has 0 fully saturated rings. The van der Waals surface area contributed by atoms with Crippen LogP contribution in [0.2, 0.25) is 5.02 Å². The lowest BCUT2D eigenvalue weighted by Crippen LogP contribution is -2.13. The van der Waals surface area contributed by atoms with E-state index >= 15 is 0 Å². The zero-order valence-corrected chi connectivity index (χ0v) is 13.0. The quantitative estimate of drug-likeness (QED) is 0.851.